The van der Waals surface area contributed by atoms with E-state index >= 15 is 0 Å². The van der Waals surface area contributed by atoms with E-state index in [4.69, 9.17) is 16.3 Å². The quantitative estimate of drug-likeness (QED) is 0.802. The van der Waals surface area contributed by atoms with Crippen LogP contribution in [0, 0.1) is 0 Å². The van der Waals surface area contributed by atoms with Crippen molar-refractivity contribution < 1.29 is 9.53 Å². The molecule has 0 atom stereocenters. The minimum atomic E-state index is -0.238. The normalized spacial score (nSPS) is 18.5. The molecule has 0 saturated carbocycles. The lowest BCUT2D eigenvalue weighted by atomic mass is 9.99. The molecule has 0 aromatic heterocycles. The van der Waals surface area contributed by atoms with E-state index in [1.54, 1.807) is 4.90 Å². The first kappa shape index (κ1) is 16.1. The highest BCUT2D eigenvalue weighted by Crippen LogP contribution is 2.21. The first-order valence-corrected chi connectivity index (χ1v) is 7.83. The summed E-state index contributed by atoms with van der Waals surface area (Å²) in [7, 11) is 0. The zero-order valence-corrected chi connectivity index (χ0v) is 13.5. The Labute approximate surface area is 131 Å². The van der Waals surface area contributed by atoms with Crippen LogP contribution >= 0.6 is 11.6 Å². The molecular formula is C16H23ClN2O2. The molecule has 2 rings (SSSR count). The average Bonchev–Trinajstić information content (AvgIpc) is 2.47. The number of carbonyl (C=O) groups excluding carboxylic acids is 1. The number of amides is 1. The van der Waals surface area contributed by atoms with Gasteiger partial charge in [0, 0.05) is 37.6 Å². The van der Waals surface area contributed by atoms with E-state index < -0.39 is 0 Å². The number of rotatable bonds is 4. The number of hydrogen-bond donors (Lipinski definition) is 0. The van der Waals surface area contributed by atoms with Crippen LogP contribution in [-0.2, 0) is 11.3 Å². The van der Waals surface area contributed by atoms with Crippen molar-refractivity contribution >= 4 is 17.7 Å². The predicted molar refractivity (Wildman–Crippen MR) is 84.6 cm³/mol. The summed E-state index contributed by atoms with van der Waals surface area (Å²) < 4.78 is 5.40. The summed E-state index contributed by atoms with van der Waals surface area (Å²) in [6.45, 7) is 7.63. The Hall–Kier alpha value is -1.26. The summed E-state index contributed by atoms with van der Waals surface area (Å²) >= 11 is 5.83. The Morgan fingerprint density at radius 1 is 1.29 bits per heavy atom. The zero-order valence-electron chi connectivity index (χ0n) is 12.7. The van der Waals surface area contributed by atoms with Crippen LogP contribution in [-0.4, -0.2) is 53.5 Å². The standard InChI is InChI=1S/C16H23ClN2O2/c1-16(2)13-18(10-11-19(16)9-8-17)15(20)21-12-14-6-4-3-5-7-14/h3-7H,8-13H2,1-2H3. The third-order valence-corrected chi connectivity index (χ3v) is 4.06. The molecule has 1 saturated heterocycles. The summed E-state index contributed by atoms with van der Waals surface area (Å²) in [4.78, 5) is 16.3. The summed E-state index contributed by atoms with van der Waals surface area (Å²) in [6.07, 6.45) is -0.238. The molecule has 1 aromatic carbocycles. The van der Waals surface area contributed by atoms with Crippen LogP contribution in [0.5, 0.6) is 0 Å². The van der Waals surface area contributed by atoms with Crippen molar-refractivity contribution in [3.05, 3.63) is 35.9 Å². The van der Waals surface area contributed by atoms with Gasteiger partial charge in [-0.05, 0) is 19.4 Å². The van der Waals surface area contributed by atoms with E-state index in [0.29, 0.717) is 25.6 Å². The summed E-state index contributed by atoms with van der Waals surface area (Å²) in [5.41, 5.74) is 0.935. The molecule has 1 amide bonds. The molecule has 0 spiro atoms. The van der Waals surface area contributed by atoms with E-state index in [2.05, 4.69) is 18.7 Å². The zero-order chi connectivity index (χ0) is 15.3. The Kier molecular flexibility index (Phi) is 5.48. The minimum Gasteiger partial charge on any atom is -0.445 e. The molecule has 1 aliphatic heterocycles. The first-order chi connectivity index (χ1) is 10.0. The van der Waals surface area contributed by atoms with Gasteiger partial charge >= 0.3 is 6.09 Å². The van der Waals surface area contributed by atoms with Crippen LogP contribution < -0.4 is 0 Å². The van der Waals surface area contributed by atoms with Gasteiger partial charge in [-0.15, -0.1) is 11.6 Å². The molecule has 0 radical (unpaired) electrons. The molecule has 0 bridgehead atoms. The van der Waals surface area contributed by atoms with Crippen molar-refractivity contribution in [3.63, 3.8) is 0 Å². The van der Waals surface area contributed by atoms with Crippen molar-refractivity contribution in [1.29, 1.82) is 0 Å². The van der Waals surface area contributed by atoms with Crippen LogP contribution in [0.2, 0.25) is 0 Å². The molecule has 0 unspecified atom stereocenters. The van der Waals surface area contributed by atoms with E-state index in [-0.39, 0.29) is 11.6 Å². The van der Waals surface area contributed by atoms with Crippen molar-refractivity contribution in [3.8, 4) is 0 Å². The molecule has 0 aliphatic carbocycles. The SMILES string of the molecule is CC1(C)CN(C(=O)OCc2ccccc2)CCN1CCCl. The maximum absolute atomic E-state index is 12.2. The number of carbonyl (C=O) groups is 1. The number of nitrogens with zero attached hydrogens (tertiary/aromatic N) is 2. The highest BCUT2D eigenvalue weighted by molar-refractivity contribution is 6.18. The number of alkyl halides is 1. The van der Waals surface area contributed by atoms with Crippen LogP contribution in [0.4, 0.5) is 4.79 Å². The van der Waals surface area contributed by atoms with E-state index in [0.717, 1.165) is 18.7 Å². The van der Waals surface area contributed by atoms with Crippen LogP contribution in [0.25, 0.3) is 0 Å². The maximum Gasteiger partial charge on any atom is 0.410 e. The Bertz CT molecular complexity index is 465. The Balaban J connectivity index is 1.86. The van der Waals surface area contributed by atoms with Crippen LogP contribution in [0.3, 0.4) is 0 Å². The van der Waals surface area contributed by atoms with E-state index in [9.17, 15) is 4.79 Å². The summed E-state index contributed by atoms with van der Waals surface area (Å²) in [5, 5.41) is 0. The molecule has 1 aromatic rings. The predicted octanol–water partition coefficient (Wildman–Crippen LogP) is 2.96. The molecule has 1 heterocycles. The van der Waals surface area contributed by atoms with Gasteiger partial charge in [0.15, 0.2) is 0 Å². The molecule has 21 heavy (non-hydrogen) atoms. The van der Waals surface area contributed by atoms with Gasteiger partial charge in [0.1, 0.15) is 6.61 Å². The third kappa shape index (κ3) is 4.35. The maximum atomic E-state index is 12.2. The second kappa shape index (κ2) is 7.14. The molecule has 1 aliphatic rings. The number of ether oxygens (including phenoxy) is 1. The number of hydrogen-bond acceptors (Lipinski definition) is 3. The molecule has 116 valence electrons. The van der Waals surface area contributed by atoms with Gasteiger partial charge in [0.2, 0.25) is 0 Å². The smallest absolute Gasteiger partial charge is 0.410 e. The van der Waals surface area contributed by atoms with Crippen molar-refractivity contribution in [2.45, 2.75) is 26.0 Å². The Morgan fingerprint density at radius 2 is 2.00 bits per heavy atom. The molecule has 4 nitrogen and oxygen atoms in total. The Morgan fingerprint density at radius 3 is 2.62 bits per heavy atom. The van der Waals surface area contributed by atoms with Crippen molar-refractivity contribution in [2.75, 3.05) is 32.1 Å². The second-order valence-corrected chi connectivity index (χ2v) is 6.33. The molecule has 0 N–H and O–H groups in total. The highest BCUT2D eigenvalue weighted by Gasteiger charge is 2.35. The highest BCUT2D eigenvalue weighted by atomic mass is 35.5. The monoisotopic (exact) mass is 310 g/mol. The van der Waals surface area contributed by atoms with Gasteiger partial charge in [-0.3, -0.25) is 4.90 Å². The third-order valence-electron chi connectivity index (χ3n) is 3.89. The largest absolute Gasteiger partial charge is 0.445 e. The van der Waals surface area contributed by atoms with Crippen LogP contribution in [0.15, 0.2) is 30.3 Å². The molecule has 1 fully saturated rings. The van der Waals surface area contributed by atoms with E-state index in [1.165, 1.54) is 0 Å². The fourth-order valence-corrected chi connectivity index (χ4v) is 2.88. The van der Waals surface area contributed by atoms with Gasteiger partial charge < -0.3 is 9.64 Å². The lowest BCUT2D eigenvalue weighted by molar-refractivity contribution is 0.0148. The first-order valence-electron chi connectivity index (χ1n) is 7.29. The summed E-state index contributed by atoms with van der Waals surface area (Å²) in [5.74, 6) is 0.613. The van der Waals surface area contributed by atoms with E-state index in [1.807, 2.05) is 30.3 Å². The van der Waals surface area contributed by atoms with Gasteiger partial charge in [0.05, 0.1) is 0 Å². The lowest BCUT2D eigenvalue weighted by Gasteiger charge is -2.46. The topological polar surface area (TPSA) is 32.8 Å². The molecule has 5 heteroatoms. The van der Waals surface area contributed by atoms with Gasteiger partial charge in [-0.25, -0.2) is 4.79 Å². The minimum absolute atomic E-state index is 0.0705. The fourth-order valence-electron chi connectivity index (χ4n) is 2.67. The van der Waals surface area contributed by atoms with Gasteiger partial charge in [0.25, 0.3) is 0 Å². The number of piperazine rings is 1. The van der Waals surface area contributed by atoms with Gasteiger partial charge in [-0.1, -0.05) is 30.3 Å². The average molecular weight is 311 g/mol. The fraction of sp³-hybridized carbons (Fsp3) is 0.562. The van der Waals surface area contributed by atoms with Crippen molar-refractivity contribution in [2.24, 2.45) is 0 Å². The number of halogens is 1. The number of benzene rings is 1. The summed E-state index contributed by atoms with van der Waals surface area (Å²) in [6, 6.07) is 9.74. The van der Waals surface area contributed by atoms with Crippen LogP contribution in [0.1, 0.15) is 19.4 Å². The second-order valence-electron chi connectivity index (χ2n) is 5.95. The van der Waals surface area contributed by atoms with Crippen molar-refractivity contribution in [1.82, 2.24) is 9.80 Å². The molecular weight excluding hydrogens is 288 g/mol. The van der Waals surface area contributed by atoms with Gasteiger partial charge in [-0.2, -0.15) is 0 Å². The lowest BCUT2D eigenvalue weighted by Crippen LogP contribution is -2.60.